The summed E-state index contributed by atoms with van der Waals surface area (Å²) in [6.45, 7) is -0.779. The number of aliphatic hydroxyl groups excluding tert-OH is 19. The molecule has 2 unspecified atom stereocenters. The fraction of sp³-hybridized carbons (Fsp3) is 0.957. The number of hydrogen-bond donors (Lipinski definition) is 21. The van der Waals surface area contributed by atoms with Crippen LogP contribution in [0.4, 0.5) is 0 Å². The fourth-order valence-corrected chi connectivity index (χ4v) is 10.7. The number of nitrogens with one attached hydrogen (secondary N) is 2. The zero-order valence-electron chi connectivity index (χ0n) is 44.4. The first-order chi connectivity index (χ1) is 38.7. The Bertz CT molecular complexity index is 2030. The Balaban J connectivity index is 1.33. The molecule has 0 spiro atoms. The van der Waals surface area contributed by atoms with E-state index in [1.807, 2.05) is 0 Å². The number of hydrogen-bond acceptors (Lipinski definition) is 34. The van der Waals surface area contributed by atoms with Crippen molar-refractivity contribution < 1.29 is 168 Å². The molecule has 7 aliphatic heterocycles. The minimum absolute atomic E-state index is 0.830. The van der Waals surface area contributed by atoms with Crippen LogP contribution in [0.3, 0.4) is 0 Å². The highest BCUT2D eigenvalue weighted by molar-refractivity contribution is 5.73. The number of carbonyl (C=O) groups excluding carboxylic acids is 2. The molecular formula is C46H78N2O34. The van der Waals surface area contributed by atoms with Gasteiger partial charge in [-0.2, -0.15) is 0 Å². The molecule has 36 heteroatoms. The van der Waals surface area contributed by atoms with Crippen molar-refractivity contribution in [1.29, 1.82) is 0 Å². The van der Waals surface area contributed by atoms with E-state index in [2.05, 4.69) is 10.6 Å². The van der Waals surface area contributed by atoms with Crippen molar-refractivity contribution in [2.75, 3.05) is 33.0 Å². The van der Waals surface area contributed by atoms with E-state index in [-0.39, 0.29) is 0 Å². The zero-order valence-corrected chi connectivity index (χ0v) is 44.4. The molecule has 0 aromatic heterocycles. The predicted molar refractivity (Wildman–Crippen MR) is 252 cm³/mol. The second-order valence-electron chi connectivity index (χ2n) is 21.0. The van der Waals surface area contributed by atoms with Crippen molar-refractivity contribution in [1.82, 2.24) is 10.6 Å². The summed E-state index contributed by atoms with van der Waals surface area (Å²) in [6, 6.07) is -3.74. The first kappa shape index (κ1) is 67.2. The second-order valence-corrected chi connectivity index (χ2v) is 21.0. The van der Waals surface area contributed by atoms with Gasteiger partial charge in [0.1, 0.15) is 159 Å². The van der Waals surface area contributed by atoms with Crippen molar-refractivity contribution in [2.24, 2.45) is 0 Å². The first-order valence-electron chi connectivity index (χ1n) is 26.3. The van der Waals surface area contributed by atoms with E-state index in [0.717, 1.165) is 13.8 Å². The molecule has 82 heavy (non-hydrogen) atoms. The van der Waals surface area contributed by atoms with Crippen molar-refractivity contribution in [3.05, 3.63) is 0 Å². The fourth-order valence-electron chi connectivity index (χ4n) is 10.7. The van der Waals surface area contributed by atoms with Gasteiger partial charge >= 0.3 is 0 Å². The molecule has 0 bridgehead atoms. The van der Waals surface area contributed by atoms with Gasteiger partial charge in [-0.25, -0.2) is 0 Å². The van der Waals surface area contributed by atoms with E-state index in [1.165, 1.54) is 13.8 Å². The van der Waals surface area contributed by atoms with Gasteiger partial charge in [0.2, 0.25) is 11.8 Å². The van der Waals surface area contributed by atoms with Crippen LogP contribution in [0, 0.1) is 0 Å². The van der Waals surface area contributed by atoms with Crippen LogP contribution in [0.25, 0.3) is 0 Å². The van der Waals surface area contributed by atoms with Gasteiger partial charge in [0.15, 0.2) is 44.0 Å². The molecule has 2 amide bonds. The zero-order chi connectivity index (χ0) is 60.5. The third-order valence-electron chi connectivity index (χ3n) is 15.3. The third kappa shape index (κ3) is 14.1. The first-order valence-corrected chi connectivity index (χ1v) is 26.3. The van der Waals surface area contributed by atoms with E-state index in [9.17, 15) is 107 Å². The second kappa shape index (κ2) is 28.7. The predicted octanol–water partition coefficient (Wildman–Crippen LogP) is -13.9. The molecule has 0 aromatic rings. The standard InChI is InChI=1S/C46H78N2O34/c1-10-21(56)27(62)31(66)43(70-10)78-35-18(9-53)76-42(80-37-24(59)15(6-50)74-45(33(37)68)77-34-17(8-52)72-40(69)30(65)29(34)64)20(48-13(4)55)36(35)79-46-39(82-44-32(67)28(63)22(57)11(2)71-44)38(25(60)16(7-51)75-46)81-41-19(47-12(3)54)26(61)23(58)14(5-49)73-41/h10-11,14-46,49-53,56-69H,5-9H2,1-4H3,(H,47,54)(H,48,55)/t10-,11-,14+,15+,16+,17+,18+,19+,20+,21+,22+,23-,24-,25-,26+,27+,28+,29+,30+,31-,32-,33+,34?,35+,36+,37-,38-,39+,40?,41+,42-,43-,44-,45-,46-/m0/s1. The van der Waals surface area contributed by atoms with Crippen molar-refractivity contribution in [3.8, 4) is 0 Å². The minimum atomic E-state index is -2.30. The molecule has 35 atom stereocenters. The lowest BCUT2D eigenvalue weighted by Crippen LogP contribution is -2.72. The Labute approximate surface area is 465 Å². The maximum Gasteiger partial charge on any atom is 0.217 e. The Morgan fingerprint density at radius 1 is 0.317 bits per heavy atom. The summed E-state index contributed by atoms with van der Waals surface area (Å²) >= 11 is 0. The largest absolute Gasteiger partial charge is 0.394 e. The van der Waals surface area contributed by atoms with Gasteiger partial charge in [-0.1, -0.05) is 0 Å². The lowest BCUT2D eigenvalue weighted by atomic mass is 9.93. The lowest BCUT2D eigenvalue weighted by molar-refractivity contribution is -0.408. The summed E-state index contributed by atoms with van der Waals surface area (Å²) in [6.07, 6.45) is -64.7. The molecule has 7 saturated heterocycles. The van der Waals surface area contributed by atoms with E-state index in [0.29, 0.717) is 0 Å². The summed E-state index contributed by atoms with van der Waals surface area (Å²) in [4.78, 5) is 25.9. The number of ether oxygens (including phenoxy) is 13. The number of amides is 2. The molecule has 0 aromatic carbocycles. The van der Waals surface area contributed by atoms with Crippen molar-refractivity contribution in [2.45, 2.75) is 243 Å². The summed E-state index contributed by atoms with van der Waals surface area (Å²) in [5.41, 5.74) is 0. The van der Waals surface area contributed by atoms with Gasteiger partial charge in [0.05, 0.1) is 45.2 Å². The molecule has 476 valence electrons. The van der Waals surface area contributed by atoms with Gasteiger partial charge in [-0.3, -0.25) is 9.59 Å². The van der Waals surface area contributed by atoms with Crippen LogP contribution in [0.5, 0.6) is 0 Å². The van der Waals surface area contributed by atoms with Crippen LogP contribution in [0.15, 0.2) is 0 Å². The van der Waals surface area contributed by atoms with Crippen LogP contribution in [-0.2, 0) is 71.2 Å². The van der Waals surface area contributed by atoms with Crippen LogP contribution in [0.1, 0.15) is 27.7 Å². The summed E-state index contributed by atoms with van der Waals surface area (Å²) < 4.78 is 77.5. The van der Waals surface area contributed by atoms with Crippen molar-refractivity contribution >= 4 is 11.8 Å². The smallest absolute Gasteiger partial charge is 0.217 e. The third-order valence-corrected chi connectivity index (χ3v) is 15.3. The maximum atomic E-state index is 13.4. The Morgan fingerprint density at radius 3 is 1.22 bits per heavy atom. The molecule has 7 fully saturated rings. The average Bonchev–Trinajstić information content (AvgIpc) is 3.47. The normalized spacial score (nSPS) is 51.3. The number of carbonyl (C=O) groups is 2. The van der Waals surface area contributed by atoms with E-state index >= 15 is 0 Å². The van der Waals surface area contributed by atoms with E-state index in [4.69, 9.17) is 61.6 Å². The molecular weight excluding hydrogens is 1120 g/mol. The summed E-state index contributed by atoms with van der Waals surface area (Å²) in [7, 11) is 0. The molecule has 0 radical (unpaired) electrons. The quantitative estimate of drug-likeness (QED) is 0.0571. The summed E-state index contributed by atoms with van der Waals surface area (Å²) in [5, 5.41) is 212. The highest BCUT2D eigenvalue weighted by Crippen LogP contribution is 2.40. The lowest BCUT2D eigenvalue weighted by Gasteiger charge is -2.53. The maximum absolute atomic E-state index is 13.4. The van der Waals surface area contributed by atoms with Crippen molar-refractivity contribution in [3.63, 3.8) is 0 Å². The highest BCUT2D eigenvalue weighted by Gasteiger charge is 2.60. The molecule has 0 saturated carbocycles. The molecule has 7 heterocycles. The van der Waals surface area contributed by atoms with Gasteiger partial charge in [0, 0.05) is 13.8 Å². The van der Waals surface area contributed by atoms with Gasteiger partial charge in [0.25, 0.3) is 0 Å². The topological polar surface area (TPSA) is 563 Å². The number of aliphatic hydroxyl groups is 19. The molecule has 0 aliphatic carbocycles. The van der Waals surface area contributed by atoms with Crippen LogP contribution < -0.4 is 10.6 Å². The van der Waals surface area contributed by atoms with Gasteiger partial charge in [-0.05, 0) is 13.8 Å². The number of rotatable bonds is 19. The Morgan fingerprint density at radius 2 is 0.695 bits per heavy atom. The average molecular weight is 1200 g/mol. The van der Waals surface area contributed by atoms with Gasteiger partial charge in [-0.15, -0.1) is 0 Å². The van der Waals surface area contributed by atoms with Crippen LogP contribution in [-0.4, -0.2) is 357 Å². The highest BCUT2D eigenvalue weighted by atomic mass is 16.8. The molecule has 7 rings (SSSR count). The SMILES string of the molecule is CC(=O)N[C@H]1[C@@H](O[C@H]2[C@@H](O)[C@@H](CO)O[C@@H](O[C@@H]3[C@@H](NC(C)=O)[C@H](O[C@H]4[C@@H](O)[C@@H](CO)O[C@@H](OC5[C@@H](CO)OC(O)[C@H](O)[C@H]5O)[C@@H]4O)O[C@H](CO)[C@H]3O[C@@H]3O[C@@H](C)[C@@H](O)[C@@H](O)[C@@H]3O)[C@@H]2O[C@@H]2O[C@@H](C)[C@@H](O)[C@@H](O)[C@@H]2O)O[C@H](CO)[C@H](O)[C@@H]1O. The Kier molecular flexibility index (Phi) is 23.5. The van der Waals surface area contributed by atoms with Crippen LogP contribution in [0.2, 0.25) is 0 Å². The van der Waals surface area contributed by atoms with Gasteiger partial charge < -0.3 is 169 Å². The molecule has 21 N–H and O–H groups in total. The van der Waals surface area contributed by atoms with Crippen LogP contribution >= 0.6 is 0 Å². The molecule has 36 nitrogen and oxygen atoms in total. The van der Waals surface area contributed by atoms with E-state index in [1.54, 1.807) is 0 Å². The minimum Gasteiger partial charge on any atom is -0.394 e. The Hall–Kier alpha value is -2.34. The summed E-state index contributed by atoms with van der Waals surface area (Å²) in [5.74, 6) is -1.80. The monoisotopic (exact) mass is 1200 g/mol. The molecule has 7 aliphatic rings. The van der Waals surface area contributed by atoms with E-state index < -0.39 is 260 Å².